The van der Waals surface area contributed by atoms with Crippen LogP contribution >= 0.6 is 0 Å². The fraction of sp³-hybridized carbons (Fsp3) is 0.500. The molecule has 1 heterocycles. The Morgan fingerprint density at radius 2 is 1.75 bits per heavy atom. The van der Waals surface area contributed by atoms with Crippen LogP contribution < -0.4 is 10.6 Å². The summed E-state index contributed by atoms with van der Waals surface area (Å²) in [6.07, 6.45) is 3.47. The molecule has 1 aliphatic heterocycles. The van der Waals surface area contributed by atoms with Gasteiger partial charge in [0.2, 0.25) is 11.8 Å². The maximum Gasteiger partial charge on any atom is 0.325 e. The van der Waals surface area contributed by atoms with E-state index in [-0.39, 0.29) is 23.7 Å². The van der Waals surface area contributed by atoms with Crippen LogP contribution in [0.15, 0.2) is 24.3 Å². The highest BCUT2D eigenvalue weighted by molar-refractivity contribution is 5.98. The number of nitrogens with zero attached hydrogens (tertiary/aromatic N) is 1. The fourth-order valence-electron chi connectivity index (χ4n) is 3.27. The average Bonchev–Trinajstić information content (AvgIpc) is 3.53. The maximum atomic E-state index is 12.6. The van der Waals surface area contributed by atoms with Crippen LogP contribution in [0.25, 0.3) is 0 Å². The number of nitrogens with one attached hydrogen (secondary N) is 2. The summed E-state index contributed by atoms with van der Waals surface area (Å²) >= 11 is 0. The molecule has 8 nitrogen and oxygen atoms in total. The second-order valence-corrected chi connectivity index (χ2v) is 7.50. The van der Waals surface area contributed by atoms with Crippen LogP contribution in [0.3, 0.4) is 0 Å². The number of hydrogen-bond donors (Lipinski definition) is 3. The monoisotopic (exact) mass is 387 g/mol. The van der Waals surface area contributed by atoms with Gasteiger partial charge in [-0.15, -0.1) is 0 Å². The third-order valence-electron chi connectivity index (χ3n) is 5.16. The van der Waals surface area contributed by atoms with Crippen LogP contribution in [-0.2, 0) is 14.4 Å². The molecule has 1 aliphatic carbocycles. The zero-order valence-corrected chi connectivity index (χ0v) is 15.8. The number of carbonyl (C=O) groups excluding carboxylic acids is 3. The molecule has 2 fully saturated rings. The minimum Gasteiger partial charge on any atom is -0.480 e. The number of aliphatic carboxylic acids is 1. The topological polar surface area (TPSA) is 116 Å². The van der Waals surface area contributed by atoms with Gasteiger partial charge >= 0.3 is 5.97 Å². The van der Waals surface area contributed by atoms with Crippen LogP contribution in [0.1, 0.15) is 43.0 Å². The second-order valence-electron chi connectivity index (χ2n) is 7.50. The number of carboxylic acids is 1. The summed E-state index contributed by atoms with van der Waals surface area (Å²) in [5, 5.41) is 14.1. The van der Waals surface area contributed by atoms with E-state index in [9.17, 15) is 19.2 Å². The lowest BCUT2D eigenvalue weighted by Gasteiger charge is -2.32. The second kappa shape index (κ2) is 8.41. The minimum absolute atomic E-state index is 0.134. The normalized spacial score (nSPS) is 20.2. The first-order valence-corrected chi connectivity index (χ1v) is 9.58. The quantitative estimate of drug-likeness (QED) is 0.684. The van der Waals surface area contributed by atoms with Gasteiger partial charge in [0.1, 0.15) is 6.04 Å². The number of anilines is 1. The Bertz CT molecular complexity index is 773. The predicted octanol–water partition coefficient (Wildman–Crippen LogP) is 1.48. The maximum absolute atomic E-state index is 12.6. The van der Waals surface area contributed by atoms with E-state index in [1.807, 2.05) is 4.90 Å². The standard InChI is InChI=1S/C20H25N3O5/c1-12(20(27)28)21-17(24)13-6-8-16(9-7-13)22-18(25)15-3-2-10-23(11-15)19(26)14-4-5-14/h6-9,12,14-15H,2-5,10-11H2,1H3,(H,21,24)(H,22,25)(H,27,28). The molecule has 0 radical (unpaired) electrons. The van der Waals surface area contributed by atoms with Gasteiger partial charge in [0, 0.05) is 30.3 Å². The smallest absolute Gasteiger partial charge is 0.325 e. The van der Waals surface area contributed by atoms with Gasteiger partial charge in [-0.2, -0.15) is 0 Å². The van der Waals surface area contributed by atoms with E-state index < -0.39 is 17.9 Å². The molecule has 1 aromatic rings. The Balaban J connectivity index is 1.54. The molecule has 2 unspecified atom stereocenters. The van der Waals surface area contributed by atoms with Crippen molar-refractivity contribution in [2.75, 3.05) is 18.4 Å². The Labute approximate surface area is 163 Å². The number of piperidine rings is 1. The first kappa shape index (κ1) is 19.9. The molecule has 3 N–H and O–H groups in total. The highest BCUT2D eigenvalue weighted by Gasteiger charge is 2.36. The van der Waals surface area contributed by atoms with E-state index in [1.54, 1.807) is 12.1 Å². The van der Waals surface area contributed by atoms with Crippen molar-refractivity contribution in [3.63, 3.8) is 0 Å². The molecule has 2 aliphatic rings. The van der Waals surface area contributed by atoms with Gasteiger partial charge in [-0.1, -0.05) is 0 Å². The van der Waals surface area contributed by atoms with E-state index in [2.05, 4.69) is 10.6 Å². The van der Waals surface area contributed by atoms with Gasteiger partial charge in [-0.25, -0.2) is 0 Å². The zero-order chi connectivity index (χ0) is 20.3. The largest absolute Gasteiger partial charge is 0.480 e. The van der Waals surface area contributed by atoms with Gasteiger partial charge < -0.3 is 20.6 Å². The molecule has 1 aromatic carbocycles. The third kappa shape index (κ3) is 4.88. The van der Waals surface area contributed by atoms with E-state index in [0.29, 0.717) is 17.8 Å². The highest BCUT2D eigenvalue weighted by Crippen LogP contribution is 2.32. The van der Waals surface area contributed by atoms with E-state index in [4.69, 9.17) is 5.11 Å². The van der Waals surface area contributed by atoms with E-state index in [1.165, 1.54) is 19.1 Å². The number of benzene rings is 1. The summed E-state index contributed by atoms with van der Waals surface area (Å²) in [5.74, 6) is -1.65. The summed E-state index contributed by atoms with van der Waals surface area (Å²) in [6.45, 7) is 2.56. The van der Waals surface area contributed by atoms with Gasteiger partial charge in [0.05, 0.1) is 5.92 Å². The van der Waals surface area contributed by atoms with Crippen LogP contribution in [0.4, 0.5) is 5.69 Å². The van der Waals surface area contributed by atoms with Crippen LogP contribution in [0.2, 0.25) is 0 Å². The molecule has 1 saturated heterocycles. The van der Waals surface area contributed by atoms with E-state index >= 15 is 0 Å². The zero-order valence-electron chi connectivity index (χ0n) is 15.8. The van der Waals surface area contributed by atoms with Crippen molar-refractivity contribution in [1.82, 2.24) is 10.2 Å². The van der Waals surface area contributed by atoms with Crippen molar-refractivity contribution in [2.24, 2.45) is 11.8 Å². The lowest BCUT2D eigenvalue weighted by atomic mass is 9.96. The number of rotatable bonds is 6. The molecule has 8 heteroatoms. The van der Waals surface area contributed by atoms with Crippen molar-refractivity contribution in [3.8, 4) is 0 Å². The van der Waals surface area contributed by atoms with E-state index in [0.717, 1.165) is 32.2 Å². The summed E-state index contributed by atoms with van der Waals surface area (Å²) < 4.78 is 0. The fourth-order valence-corrected chi connectivity index (χ4v) is 3.27. The molecule has 3 rings (SSSR count). The van der Waals surface area contributed by atoms with Crippen molar-refractivity contribution < 1.29 is 24.3 Å². The Hall–Kier alpha value is -2.90. The molecule has 2 atom stereocenters. The van der Waals surface area contributed by atoms with Crippen LogP contribution in [0, 0.1) is 11.8 Å². The van der Waals surface area contributed by atoms with Gasteiger partial charge in [0.15, 0.2) is 0 Å². The Morgan fingerprint density at radius 3 is 2.36 bits per heavy atom. The lowest BCUT2D eigenvalue weighted by molar-refractivity contribution is -0.139. The molecule has 0 aromatic heterocycles. The van der Waals surface area contributed by atoms with Crippen molar-refractivity contribution in [1.29, 1.82) is 0 Å². The molecule has 150 valence electrons. The molecule has 0 spiro atoms. The molecular formula is C20H25N3O5. The van der Waals surface area contributed by atoms with Gasteiger partial charge in [0.25, 0.3) is 5.91 Å². The molecule has 28 heavy (non-hydrogen) atoms. The van der Waals surface area contributed by atoms with Gasteiger partial charge in [-0.3, -0.25) is 19.2 Å². The summed E-state index contributed by atoms with van der Waals surface area (Å²) in [7, 11) is 0. The van der Waals surface area contributed by atoms with Crippen molar-refractivity contribution >= 4 is 29.4 Å². The highest BCUT2D eigenvalue weighted by atomic mass is 16.4. The average molecular weight is 387 g/mol. The SMILES string of the molecule is CC(NC(=O)c1ccc(NC(=O)C2CCCN(C(=O)C3CC3)C2)cc1)C(=O)O. The van der Waals surface area contributed by atoms with Crippen molar-refractivity contribution in [3.05, 3.63) is 29.8 Å². The number of hydrogen-bond acceptors (Lipinski definition) is 4. The Morgan fingerprint density at radius 1 is 1.07 bits per heavy atom. The molecule has 0 bridgehead atoms. The van der Waals surface area contributed by atoms with Crippen LogP contribution in [-0.4, -0.2) is 52.8 Å². The van der Waals surface area contributed by atoms with Crippen LogP contribution in [0.5, 0.6) is 0 Å². The molecular weight excluding hydrogens is 362 g/mol. The summed E-state index contributed by atoms with van der Waals surface area (Å²) in [4.78, 5) is 49.4. The molecule has 3 amide bonds. The first-order valence-electron chi connectivity index (χ1n) is 9.58. The predicted molar refractivity (Wildman–Crippen MR) is 102 cm³/mol. The third-order valence-corrected chi connectivity index (χ3v) is 5.16. The molecule has 1 saturated carbocycles. The first-order chi connectivity index (χ1) is 13.3. The number of likely N-dealkylation sites (tertiary alicyclic amines) is 1. The lowest BCUT2D eigenvalue weighted by Crippen LogP contribution is -2.44. The summed E-state index contributed by atoms with van der Waals surface area (Å²) in [5.41, 5.74) is 0.864. The minimum atomic E-state index is -1.11. The van der Waals surface area contributed by atoms with Gasteiger partial charge in [-0.05, 0) is 56.9 Å². The number of carboxylic acid groups (broad SMARTS) is 1. The number of amides is 3. The summed E-state index contributed by atoms with van der Waals surface area (Å²) in [6, 6.07) is 5.29. The Kier molecular flexibility index (Phi) is 5.96. The van der Waals surface area contributed by atoms with Crippen molar-refractivity contribution in [2.45, 2.75) is 38.6 Å². The number of carbonyl (C=O) groups is 4.